The summed E-state index contributed by atoms with van der Waals surface area (Å²) in [5.41, 5.74) is 1.52. The van der Waals surface area contributed by atoms with E-state index in [9.17, 15) is 18.0 Å². The predicted molar refractivity (Wildman–Crippen MR) is 101 cm³/mol. The van der Waals surface area contributed by atoms with E-state index in [1.54, 1.807) is 30.3 Å². The minimum Gasteiger partial charge on any atom is -0.481 e. The molecule has 1 atom stereocenters. The zero-order valence-electron chi connectivity index (χ0n) is 15.1. The van der Waals surface area contributed by atoms with Crippen molar-refractivity contribution in [3.8, 4) is 0 Å². The maximum Gasteiger partial charge on any atom is 0.305 e. The average Bonchev–Trinajstić information content (AvgIpc) is 2.61. The molecule has 0 radical (unpaired) electrons. The molecule has 0 aliphatic carbocycles. The molecule has 0 aliphatic rings. The number of aryl methyl sites for hydroxylation is 1. The Balaban J connectivity index is 2.14. The molecule has 7 nitrogen and oxygen atoms in total. The molecule has 1 unspecified atom stereocenters. The number of benzene rings is 2. The van der Waals surface area contributed by atoms with Gasteiger partial charge in [-0.2, -0.15) is 4.31 Å². The van der Waals surface area contributed by atoms with Crippen molar-refractivity contribution in [2.75, 3.05) is 13.6 Å². The van der Waals surface area contributed by atoms with Crippen LogP contribution in [0.5, 0.6) is 0 Å². The number of nitrogens with one attached hydrogen (secondary N) is 1. The second-order valence-electron chi connectivity index (χ2n) is 6.15. The quantitative estimate of drug-likeness (QED) is 0.717. The molecule has 2 N–H and O–H groups in total. The highest BCUT2D eigenvalue weighted by atomic mass is 32.2. The molecule has 1 amide bonds. The summed E-state index contributed by atoms with van der Waals surface area (Å²) in [4.78, 5) is 23.7. The Morgan fingerprint density at radius 2 is 1.67 bits per heavy atom. The van der Waals surface area contributed by atoms with Gasteiger partial charge in [0.2, 0.25) is 15.9 Å². The molecule has 0 saturated carbocycles. The van der Waals surface area contributed by atoms with Crippen molar-refractivity contribution in [3.05, 3.63) is 65.7 Å². The van der Waals surface area contributed by atoms with Gasteiger partial charge in [0, 0.05) is 7.05 Å². The lowest BCUT2D eigenvalue weighted by Crippen LogP contribution is -2.40. The van der Waals surface area contributed by atoms with Crippen LogP contribution in [0.25, 0.3) is 0 Å². The molecule has 144 valence electrons. The van der Waals surface area contributed by atoms with E-state index in [-0.39, 0.29) is 11.3 Å². The molecule has 0 fully saturated rings. The number of sulfonamides is 1. The summed E-state index contributed by atoms with van der Waals surface area (Å²) in [5.74, 6) is -1.64. The number of rotatable bonds is 8. The molecule has 0 heterocycles. The number of nitrogens with zero attached hydrogens (tertiary/aromatic N) is 1. The van der Waals surface area contributed by atoms with Gasteiger partial charge in [0.05, 0.1) is 23.9 Å². The van der Waals surface area contributed by atoms with Crippen molar-refractivity contribution in [2.45, 2.75) is 24.3 Å². The molecule has 8 heteroatoms. The van der Waals surface area contributed by atoms with E-state index in [0.717, 1.165) is 9.87 Å². The van der Waals surface area contributed by atoms with E-state index in [1.165, 1.54) is 19.2 Å². The Hall–Kier alpha value is -2.71. The summed E-state index contributed by atoms with van der Waals surface area (Å²) in [6.07, 6.45) is -0.300. The molecule has 2 rings (SSSR count). The summed E-state index contributed by atoms with van der Waals surface area (Å²) >= 11 is 0. The fourth-order valence-electron chi connectivity index (χ4n) is 2.69. The van der Waals surface area contributed by atoms with Gasteiger partial charge in [0.1, 0.15) is 0 Å². The van der Waals surface area contributed by atoms with Crippen molar-refractivity contribution in [1.29, 1.82) is 0 Å². The maximum atomic E-state index is 12.5. The van der Waals surface area contributed by atoms with E-state index < -0.39 is 34.5 Å². The molecule has 2 aromatic rings. The van der Waals surface area contributed by atoms with Gasteiger partial charge in [-0.05, 0) is 30.2 Å². The molecular weight excluding hydrogens is 368 g/mol. The molecule has 0 aromatic heterocycles. The fourth-order valence-corrected chi connectivity index (χ4v) is 3.84. The molecule has 0 bridgehead atoms. The van der Waals surface area contributed by atoms with Crippen LogP contribution in [-0.4, -0.2) is 43.3 Å². The highest BCUT2D eigenvalue weighted by Gasteiger charge is 2.25. The second-order valence-corrected chi connectivity index (χ2v) is 8.19. The molecule has 2 aromatic carbocycles. The third-order valence-electron chi connectivity index (χ3n) is 4.10. The summed E-state index contributed by atoms with van der Waals surface area (Å²) in [6.45, 7) is 1.40. The lowest BCUT2D eigenvalue weighted by Gasteiger charge is -2.22. The van der Waals surface area contributed by atoms with E-state index in [2.05, 4.69) is 5.32 Å². The molecule has 0 spiro atoms. The number of aliphatic carboxylic acids is 1. The molecule has 27 heavy (non-hydrogen) atoms. The number of carbonyl (C=O) groups excluding carboxylic acids is 1. The van der Waals surface area contributed by atoms with Gasteiger partial charge < -0.3 is 10.4 Å². The first-order chi connectivity index (χ1) is 12.7. The smallest absolute Gasteiger partial charge is 0.305 e. The largest absolute Gasteiger partial charge is 0.481 e. The summed E-state index contributed by atoms with van der Waals surface area (Å²) in [5, 5.41) is 11.8. The minimum absolute atomic E-state index is 0.0845. The van der Waals surface area contributed by atoms with Crippen LogP contribution in [0, 0.1) is 6.92 Å². The fraction of sp³-hybridized carbons (Fsp3) is 0.263. The third-order valence-corrected chi connectivity index (χ3v) is 5.91. The molecular formula is C19H22N2O5S. The first kappa shape index (κ1) is 20.6. The Bertz CT molecular complexity index is 913. The number of hydrogen-bond acceptors (Lipinski definition) is 4. The average molecular weight is 390 g/mol. The van der Waals surface area contributed by atoms with Crippen LogP contribution in [0.3, 0.4) is 0 Å². The van der Waals surface area contributed by atoms with Gasteiger partial charge in [-0.25, -0.2) is 8.42 Å². The standard InChI is InChI=1S/C19H22N2O5S/c1-14-8-6-7-11-16(14)17(12-19(23)24)20-18(22)13-21(2)27(25,26)15-9-4-3-5-10-15/h3-11,17H,12-13H2,1-2H3,(H,20,22)(H,23,24). The number of amides is 1. The van der Waals surface area contributed by atoms with Crippen LogP contribution in [0.4, 0.5) is 0 Å². The first-order valence-corrected chi connectivity index (χ1v) is 9.74. The van der Waals surface area contributed by atoms with Gasteiger partial charge in [-0.3, -0.25) is 9.59 Å². The first-order valence-electron chi connectivity index (χ1n) is 8.30. The van der Waals surface area contributed by atoms with Gasteiger partial charge in [0.25, 0.3) is 0 Å². The predicted octanol–water partition coefficient (Wildman–Crippen LogP) is 1.95. The maximum absolute atomic E-state index is 12.5. The van der Waals surface area contributed by atoms with Gasteiger partial charge in [-0.15, -0.1) is 0 Å². The summed E-state index contributed by atoms with van der Waals surface area (Å²) < 4.78 is 26.0. The van der Waals surface area contributed by atoms with Crippen LogP contribution in [-0.2, 0) is 19.6 Å². The van der Waals surface area contributed by atoms with Gasteiger partial charge in [-0.1, -0.05) is 42.5 Å². The normalized spacial score (nSPS) is 12.6. The SMILES string of the molecule is Cc1ccccc1C(CC(=O)O)NC(=O)CN(C)S(=O)(=O)c1ccccc1. The van der Waals surface area contributed by atoms with E-state index in [4.69, 9.17) is 5.11 Å². The van der Waals surface area contributed by atoms with Crippen molar-refractivity contribution < 1.29 is 23.1 Å². The number of carboxylic acids is 1. The number of hydrogen-bond donors (Lipinski definition) is 2. The number of likely N-dealkylation sites (N-methyl/N-ethyl adjacent to an activating group) is 1. The zero-order valence-corrected chi connectivity index (χ0v) is 15.9. The summed E-state index contributed by atoms with van der Waals surface area (Å²) in [6, 6.07) is 14.2. The van der Waals surface area contributed by atoms with Crippen LogP contribution >= 0.6 is 0 Å². The van der Waals surface area contributed by atoms with Crippen molar-refractivity contribution >= 4 is 21.9 Å². The van der Waals surface area contributed by atoms with Crippen LogP contribution in [0.15, 0.2) is 59.5 Å². The third kappa shape index (κ3) is 5.38. The second kappa shape index (κ2) is 8.79. The van der Waals surface area contributed by atoms with Crippen LogP contribution < -0.4 is 5.32 Å². The Morgan fingerprint density at radius 1 is 1.07 bits per heavy atom. The zero-order chi connectivity index (χ0) is 20.0. The Kier molecular flexibility index (Phi) is 6.70. The lowest BCUT2D eigenvalue weighted by molar-refractivity contribution is -0.137. The monoisotopic (exact) mass is 390 g/mol. The van der Waals surface area contributed by atoms with Crippen LogP contribution in [0.1, 0.15) is 23.6 Å². The van der Waals surface area contributed by atoms with Crippen LogP contribution in [0.2, 0.25) is 0 Å². The van der Waals surface area contributed by atoms with Crippen molar-refractivity contribution in [1.82, 2.24) is 9.62 Å². The highest BCUT2D eigenvalue weighted by molar-refractivity contribution is 7.89. The number of carboxylic acid groups (broad SMARTS) is 1. The molecule has 0 saturated heterocycles. The lowest BCUT2D eigenvalue weighted by atomic mass is 9.99. The van der Waals surface area contributed by atoms with E-state index in [1.807, 2.05) is 19.1 Å². The Labute approximate surface area is 158 Å². The highest BCUT2D eigenvalue weighted by Crippen LogP contribution is 2.21. The minimum atomic E-state index is -3.81. The molecule has 0 aliphatic heterocycles. The van der Waals surface area contributed by atoms with Crippen molar-refractivity contribution in [2.24, 2.45) is 0 Å². The topological polar surface area (TPSA) is 104 Å². The van der Waals surface area contributed by atoms with Crippen molar-refractivity contribution in [3.63, 3.8) is 0 Å². The van der Waals surface area contributed by atoms with Gasteiger partial charge >= 0.3 is 5.97 Å². The van der Waals surface area contributed by atoms with E-state index >= 15 is 0 Å². The van der Waals surface area contributed by atoms with Gasteiger partial charge in [0.15, 0.2) is 0 Å². The van der Waals surface area contributed by atoms with E-state index in [0.29, 0.717) is 5.56 Å². The number of carbonyl (C=O) groups is 2. The summed E-state index contributed by atoms with van der Waals surface area (Å²) in [7, 11) is -2.50. The Morgan fingerprint density at radius 3 is 2.26 bits per heavy atom.